The van der Waals surface area contributed by atoms with Gasteiger partial charge in [-0.05, 0) is 6.92 Å². The number of fused-ring (bicyclic) bond motifs is 1. The number of ether oxygens (including phenoxy) is 2. The predicted molar refractivity (Wildman–Crippen MR) is 93.8 cm³/mol. The first-order valence-corrected chi connectivity index (χ1v) is 9.27. The van der Waals surface area contributed by atoms with Crippen LogP contribution in [-0.2, 0) is 24.9 Å². The number of ketones is 1. The number of thioether (sulfide) groups is 1. The molecule has 2 aromatic rings. The third kappa shape index (κ3) is 3.47. The van der Waals surface area contributed by atoms with Crippen LogP contribution in [0, 0.1) is 0 Å². The zero-order valence-electron chi connectivity index (χ0n) is 14.8. The summed E-state index contributed by atoms with van der Waals surface area (Å²) in [6, 6.07) is 0. The van der Waals surface area contributed by atoms with Gasteiger partial charge in [0, 0.05) is 0 Å². The van der Waals surface area contributed by atoms with Gasteiger partial charge in [0.05, 0.1) is 19.0 Å². The van der Waals surface area contributed by atoms with Crippen molar-refractivity contribution in [1.29, 1.82) is 0 Å². The van der Waals surface area contributed by atoms with Crippen LogP contribution in [0.5, 0.6) is 0 Å². The Balaban J connectivity index is 1.88. The Morgan fingerprint density at radius 1 is 1.39 bits per heavy atom. The summed E-state index contributed by atoms with van der Waals surface area (Å²) >= 11 is 0.963. The molecule has 28 heavy (non-hydrogen) atoms. The summed E-state index contributed by atoms with van der Waals surface area (Å²) in [7, 11) is 0. The van der Waals surface area contributed by atoms with Crippen LogP contribution < -0.4 is 5.73 Å². The van der Waals surface area contributed by atoms with Gasteiger partial charge < -0.3 is 24.8 Å². The minimum atomic E-state index is -1.92. The van der Waals surface area contributed by atoms with E-state index in [0.29, 0.717) is 5.03 Å². The van der Waals surface area contributed by atoms with Crippen LogP contribution in [0.2, 0.25) is 0 Å². The fourth-order valence-electron chi connectivity index (χ4n) is 2.75. The van der Waals surface area contributed by atoms with Gasteiger partial charge in [0.1, 0.15) is 41.5 Å². The number of nitrogens with zero attached hydrogens (tertiary/aromatic N) is 4. The van der Waals surface area contributed by atoms with Crippen molar-refractivity contribution in [2.75, 3.05) is 19.0 Å². The summed E-state index contributed by atoms with van der Waals surface area (Å²) in [5.74, 6) is -3.79. The molecular formula is C15H19N5O7S. The molecule has 0 saturated carbocycles. The average Bonchev–Trinajstić information content (AvgIpc) is 3.22. The van der Waals surface area contributed by atoms with Crippen LogP contribution in [0.25, 0.3) is 11.2 Å². The lowest BCUT2D eigenvalue weighted by Gasteiger charge is -2.28. The molecule has 4 atom stereocenters. The van der Waals surface area contributed by atoms with Crippen molar-refractivity contribution < 1.29 is 34.4 Å². The molecule has 1 fully saturated rings. The van der Waals surface area contributed by atoms with Gasteiger partial charge in [-0.2, -0.15) is 0 Å². The average molecular weight is 413 g/mol. The molecule has 0 amide bonds. The van der Waals surface area contributed by atoms with Crippen molar-refractivity contribution in [2.24, 2.45) is 5.73 Å². The van der Waals surface area contributed by atoms with Crippen molar-refractivity contribution in [3.8, 4) is 0 Å². The quantitative estimate of drug-likeness (QED) is 0.165. The van der Waals surface area contributed by atoms with Gasteiger partial charge in [-0.3, -0.25) is 15.1 Å². The molecule has 0 bridgehead atoms. The van der Waals surface area contributed by atoms with Crippen LogP contribution in [-0.4, -0.2) is 83.9 Å². The number of aliphatic hydroxyl groups excluding tert-OH is 3. The van der Waals surface area contributed by atoms with E-state index in [4.69, 9.17) is 10.5 Å². The number of carbonyl (C=O) groups is 2. The Labute approximate surface area is 162 Å². The third-order valence-electron chi connectivity index (χ3n) is 4.17. The number of rotatable bonds is 7. The van der Waals surface area contributed by atoms with E-state index in [2.05, 4.69) is 19.7 Å². The van der Waals surface area contributed by atoms with Crippen molar-refractivity contribution in [3.63, 3.8) is 0 Å². The first-order chi connectivity index (χ1) is 13.3. The summed E-state index contributed by atoms with van der Waals surface area (Å²) in [5.41, 5.74) is 6.56. The Kier molecular flexibility index (Phi) is 5.92. The molecule has 5 N–H and O–H groups in total. The lowest BCUT2D eigenvalue weighted by molar-refractivity contribution is -0.152. The Hall–Kier alpha value is -2.16. The first-order valence-electron chi connectivity index (χ1n) is 8.28. The topological polar surface area (TPSA) is 183 Å². The number of imidazole rings is 1. The zero-order chi connectivity index (χ0) is 20.5. The Morgan fingerprint density at radius 3 is 2.79 bits per heavy atom. The van der Waals surface area contributed by atoms with Crippen LogP contribution in [0.15, 0.2) is 17.7 Å². The van der Waals surface area contributed by atoms with Crippen molar-refractivity contribution in [1.82, 2.24) is 19.5 Å². The fourth-order valence-corrected chi connectivity index (χ4v) is 3.54. The SMILES string of the molecule is CCOC(=O)C(=O)CSc1ncnc2c1ncn2C1(N)OC(CO)C(O)C1O. The van der Waals surface area contributed by atoms with Gasteiger partial charge in [0.15, 0.2) is 5.65 Å². The number of carbonyl (C=O) groups excluding carboxylic acids is 2. The number of hydrogen-bond donors (Lipinski definition) is 4. The van der Waals surface area contributed by atoms with E-state index in [0.717, 1.165) is 11.8 Å². The lowest BCUT2D eigenvalue weighted by Crippen LogP contribution is -2.52. The standard InChI is InChI=1S/C15H19N5O7S/c1-2-26-14(25)7(22)4-28-13-9-12(17-5-18-13)20(6-19-9)15(16)11(24)10(23)8(3-21)27-15/h5-6,8,10-11,21,23-24H,2-4,16H2,1H3. The maximum absolute atomic E-state index is 11.8. The van der Waals surface area contributed by atoms with Gasteiger partial charge >= 0.3 is 5.97 Å². The summed E-state index contributed by atoms with van der Waals surface area (Å²) in [5, 5.41) is 29.9. The van der Waals surface area contributed by atoms with Gasteiger partial charge in [-0.15, -0.1) is 0 Å². The van der Waals surface area contributed by atoms with E-state index >= 15 is 0 Å². The van der Waals surface area contributed by atoms with Gasteiger partial charge in [0.25, 0.3) is 0 Å². The van der Waals surface area contributed by atoms with E-state index in [1.54, 1.807) is 6.92 Å². The zero-order valence-corrected chi connectivity index (χ0v) is 15.6. The van der Waals surface area contributed by atoms with E-state index in [9.17, 15) is 24.9 Å². The van der Waals surface area contributed by atoms with Crippen LogP contribution in [0.4, 0.5) is 0 Å². The van der Waals surface area contributed by atoms with Crippen LogP contribution in [0.1, 0.15) is 6.92 Å². The smallest absolute Gasteiger partial charge is 0.375 e. The largest absolute Gasteiger partial charge is 0.460 e. The number of aromatic nitrogens is 4. The summed E-state index contributed by atoms with van der Waals surface area (Å²) in [4.78, 5) is 35.5. The molecule has 0 spiro atoms. The lowest BCUT2D eigenvalue weighted by atomic mass is 10.1. The molecule has 4 unspecified atom stereocenters. The predicted octanol–water partition coefficient (Wildman–Crippen LogP) is -2.27. The minimum absolute atomic E-state index is 0.0962. The number of Topliss-reactive ketones (excluding diaryl/α,β-unsaturated/α-hetero) is 1. The maximum atomic E-state index is 11.8. The van der Waals surface area contributed by atoms with Crippen molar-refractivity contribution in [3.05, 3.63) is 12.7 Å². The molecule has 0 radical (unpaired) electrons. The van der Waals surface area contributed by atoms with Crippen LogP contribution >= 0.6 is 11.8 Å². The van der Waals surface area contributed by atoms with Gasteiger partial charge in [-0.25, -0.2) is 19.7 Å². The molecule has 12 nitrogen and oxygen atoms in total. The molecular weight excluding hydrogens is 394 g/mol. The second-order valence-corrected chi connectivity index (χ2v) is 6.89. The van der Waals surface area contributed by atoms with Gasteiger partial charge in [0.2, 0.25) is 11.6 Å². The third-order valence-corrected chi connectivity index (χ3v) is 5.15. The molecule has 0 aliphatic carbocycles. The molecule has 1 saturated heterocycles. The number of aliphatic hydroxyl groups is 3. The molecule has 152 valence electrons. The van der Waals surface area contributed by atoms with Gasteiger partial charge in [-0.1, -0.05) is 11.8 Å². The normalized spacial score (nSPS) is 27.2. The van der Waals surface area contributed by atoms with E-state index < -0.39 is 42.5 Å². The molecule has 1 aliphatic rings. The molecule has 13 heteroatoms. The molecule has 0 aromatic carbocycles. The summed E-state index contributed by atoms with van der Waals surface area (Å²) in [6.45, 7) is 1.15. The highest BCUT2D eigenvalue weighted by Crippen LogP contribution is 2.34. The summed E-state index contributed by atoms with van der Waals surface area (Å²) < 4.78 is 11.3. The molecule has 2 aromatic heterocycles. The second kappa shape index (κ2) is 8.06. The Bertz CT molecular complexity index is 893. The monoisotopic (exact) mass is 413 g/mol. The summed E-state index contributed by atoms with van der Waals surface area (Å²) in [6.07, 6.45) is -1.62. The highest BCUT2D eigenvalue weighted by molar-refractivity contribution is 8.00. The highest BCUT2D eigenvalue weighted by atomic mass is 32.2. The Morgan fingerprint density at radius 2 is 2.14 bits per heavy atom. The number of hydrogen-bond acceptors (Lipinski definition) is 12. The highest BCUT2D eigenvalue weighted by Gasteiger charge is 2.53. The van der Waals surface area contributed by atoms with E-state index in [-0.39, 0.29) is 23.5 Å². The van der Waals surface area contributed by atoms with Crippen LogP contribution in [0.3, 0.4) is 0 Å². The molecule has 3 rings (SSSR count). The van der Waals surface area contributed by atoms with E-state index in [1.165, 1.54) is 17.2 Å². The van der Waals surface area contributed by atoms with Crippen molar-refractivity contribution >= 4 is 34.7 Å². The van der Waals surface area contributed by atoms with E-state index in [1.807, 2.05) is 0 Å². The first kappa shape index (κ1) is 20.6. The maximum Gasteiger partial charge on any atom is 0.375 e. The minimum Gasteiger partial charge on any atom is -0.460 e. The van der Waals surface area contributed by atoms with Crippen molar-refractivity contribution in [2.45, 2.75) is 36.1 Å². The fraction of sp³-hybridized carbons (Fsp3) is 0.533. The number of nitrogens with two attached hydrogens (primary N) is 1. The molecule has 3 heterocycles. The molecule has 1 aliphatic heterocycles. The number of esters is 1. The second-order valence-electron chi connectivity index (χ2n) is 5.92.